The highest BCUT2D eigenvalue weighted by Crippen LogP contribution is 2.38. The van der Waals surface area contributed by atoms with Gasteiger partial charge < -0.3 is 4.74 Å². The third-order valence-corrected chi connectivity index (χ3v) is 5.13. The molecule has 2 aromatic carbocycles. The lowest BCUT2D eigenvalue weighted by atomic mass is 9.86. The van der Waals surface area contributed by atoms with Gasteiger partial charge in [0, 0.05) is 13.2 Å². The molecule has 1 aliphatic heterocycles. The second-order valence-corrected chi connectivity index (χ2v) is 8.16. The molecule has 0 aliphatic carbocycles. The van der Waals surface area contributed by atoms with Gasteiger partial charge in [-0.3, -0.25) is 5.01 Å². The molecule has 0 saturated heterocycles. The lowest BCUT2D eigenvalue weighted by Gasteiger charge is -2.31. The fraction of sp³-hybridized carbons (Fsp3) is 0.333. The van der Waals surface area contributed by atoms with Gasteiger partial charge in [0.1, 0.15) is 0 Å². The third kappa shape index (κ3) is 4.18. The number of hydrogen-bond acceptors (Lipinski definition) is 5. The van der Waals surface area contributed by atoms with Gasteiger partial charge in [0.2, 0.25) is 0 Å². The predicted molar refractivity (Wildman–Crippen MR) is 114 cm³/mol. The molecule has 1 aliphatic rings. The topological polar surface area (TPSA) is 56.6 Å². The zero-order chi connectivity index (χ0) is 21.2. The van der Waals surface area contributed by atoms with E-state index >= 15 is 0 Å². The second-order valence-electron chi connectivity index (χ2n) is 8.16. The van der Waals surface area contributed by atoms with E-state index in [4.69, 9.17) is 10.00 Å². The van der Waals surface area contributed by atoms with Gasteiger partial charge in [-0.05, 0) is 47.7 Å². The minimum atomic E-state index is -0.319. The Balaban J connectivity index is 1.99. The van der Waals surface area contributed by atoms with Crippen molar-refractivity contribution in [1.82, 2.24) is 5.01 Å². The lowest BCUT2D eigenvalue weighted by molar-refractivity contribution is -0.139. The summed E-state index contributed by atoms with van der Waals surface area (Å²) in [6, 6.07) is 17.6. The van der Waals surface area contributed by atoms with E-state index in [1.165, 1.54) is 5.56 Å². The SMILES string of the molecule is CCOC(=O)C1=CN(c2ccc(C#N)cc2)N(C)C1c1ccc(C(C)(C)C)cc1. The summed E-state index contributed by atoms with van der Waals surface area (Å²) in [5, 5.41) is 13.0. The monoisotopic (exact) mass is 389 g/mol. The number of carbonyl (C=O) groups is 1. The molecule has 0 aromatic heterocycles. The maximum Gasteiger partial charge on any atom is 0.337 e. The fourth-order valence-electron chi connectivity index (χ4n) is 3.50. The highest BCUT2D eigenvalue weighted by molar-refractivity contribution is 5.91. The van der Waals surface area contributed by atoms with E-state index in [-0.39, 0.29) is 17.4 Å². The molecule has 3 rings (SSSR count). The Hall–Kier alpha value is -3.10. The molecule has 0 fully saturated rings. The van der Waals surface area contributed by atoms with Crippen LogP contribution in [0.2, 0.25) is 0 Å². The summed E-state index contributed by atoms with van der Waals surface area (Å²) in [7, 11) is 1.95. The highest BCUT2D eigenvalue weighted by atomic mass is 16.5. The van der Waals surface area contributed by atoms with Gasteiger partial charge in [-0.2, -0.15) is 5.26 Å². The van der Waals surface area contributed by atoms with Crippen LogP contribution in [0.3, 0.4) is 0 Å². The summed E-state index contributed by atoms with van der Waals surface area (Å²) < 4.78 is 5.32. The maximum atomic E-state index is 12.7. The number of hydrazine groups is 1. The number of carbonyl (C=O) groups excluding carboxylic acids is 1. The normalized spacial score (nSPS) is 17.0. The number of anilines is 1. The molecular weight excluding hydrogens is 362 g/mol. The van der Waals surface area contributed by atoms with Crippen molar-refractivity contribution in [2.75, 3.05) is 18.7 Å². The molecule has 150 valence electrons. The van der Waals surface area contributed by atoms with Gasteiger partial charge in [0.05, 0.1) is 35.5 Å². The molecule has 2 aromatic rings. The minimum Gasteiger partial charge on any atom is -0.463 e. The minimum absolute atomic E-state index is 0.0639. The molecule has 5 nitrogen and oxygen atoms in total. The first-order valence-corrected chi connectivity index (χ1v) is 9.77. The van der Waals surface area contributed by atoms with Crippen LogP contribution in [0.4, 0.5) is 5.69 Å². The number of esters is 1. The van der Waals surface area contributed by atoms with Crippen molar-refractivity contribution >= 4 is 11.7 Å². The van der Waals surface area contributed by atoms with Crippen molar-refractivity contribution in [1.29, 1.82) is 5.26 Å². The summed E-state index contributed by atoms with van der Waals surface area (Å²) >= 11 is 0. The Labute approximate surface area is 172 Å². The zero-order valence-electron chi connectivity index (χ0n) is 17.6. The first-order chi connectivity index (χ1) is 13.8. The van der Waals surface area contributed by atoms with Crippen LogP contribution in [-0.2, 0) is 14.9 Å². The molecule has 5 heteroatoms. The van der Waals surface area contributed by atoms with Crippen molar-refractivity contribution in [2.24, 2.45) is 0 Å². The van der Waals surface area contributed by atoms with Gasteiger partial charge >= 0.3 is 5.97 Å². The van der Waals surface area contributed by atoms with Gasteiger partial charge in [-0.1, -0.05) is 45.0 Å². The van der Waals surface area contributed by atoms with E-state index in [1.807, 2.05) is 42.3 Å². The van der Waals surface area contributed by atoms with E-state index in [9.17, 15) is 4.79 Å². The largest absolute Gasteiger partial charge is 0.463 e. The van der Waals surface area contributed by atoms with Crippen molar-refractivity contribution < 1.29 is 9.53 Å². The van der Waals surface area contributed by atoms with Crippen LogP contribution < -0.4 is 5.01 Å². The number of rotatable bonds is 4. The van der Waals surface area contributed by atoms with Crippen LogP contribution in [-0.4, -0.2) is 24.6 Å². The first kappa shape index (κ1) is 20.6. The van der Waals surface area contributed by atoms with Crippen molar-refractivity contribution in [3.8, 4) is 6.07 Å². The molecule has 0 N–H and O–H groups in total. The van der Waals surface area contributed by atoms with Crippen LogP contribution in [0.15, 0.2) is 60.3 Å². The van der Waals surface area contributed by atoms with Crippen LogP contribution in [0.5, 0.6) is 0 Å². The Morgan fingerprint density at radius 1 is 1.10 bits per heavy atom. The summed E-state index contributed by atoms with van der Waals surface area (Å²) in [5.74, 6) is -0.319. The Morgan fingerprint density at radius 3 is 2.24 bits per heavy atom. The van der Waals surface area contributed by atoms with Gasteiger partial charge in [-0.25, -0.2) is 9.80 Å². The summed E-state index contributed by atoms with van der Waals surface area (Å²) in [6.07, 6.45) is 1.82. The van der Waals surface area contributed by atoms with Crippen LogP contribution >= 0.6 is 0 Å². The van der Waals surface area contributed by atoms with E-state index in [2.05, 4.69) is 51.1 Å². The first-order valence-electron chi connectivity index (χ1n) is 9.77. The lowest BCUT2D eigenvalue weighted by Crippen LogP contribution is -2.34. The smallest absolute Gasteiger partial charge is 0.337 e. The number of nitrogens with zero attached hydrogens (tertiary/aromatic N) is 3. The molecule has 1 unspecified atom stereocenters. The maximum absolute atomic E-state index is 12.7. The van der Waals surface area contributed by atoms with Gasteiger partial charge in [0.25, 0.3) is 0 Å². The zero-order valence-corrected chi connectivity index (χ0v) is 17.6. The second kappa shape index (κ2) is 8.10. The number of likely N-dealkylation sites (N-methyl/N-ethyl adjacent to an activating group) is 1. The van der Waals surface area contributed by atoms with Crippen molar-refractivity contribution in [3.05, 3.63) is 77.0 Å². The summed E-state index contributed by atoms with van der Waals surface area (Å²) in [4.78, 5) is 12.7. The molecular formula is C24H27N3O2. The molecule has 0 spiro atoms. The Bertz CT molecular complexity index is 948. The fourth-order valence-corrected chi connectivity index (χ4v) is 3.50. The Morgan fingerprint density at radius 2 is 1.72 bits per heavy atom. The van der Waals surface area contributed by atoms with E-state index < -0.39 is 0 Å². The van der Waals surface area contributed by atoms with E-state index in [0.29, 0.717) is 17.7 Å². The third-order valence-electron chi connectivity index (χ3n) is 5.13. The average Bonchev–Trinajstić information content (AvgIpc) is 3.05. The van der Waals surface area contributed by atoms with Gasteiger partial charge in [0.15, 0.2) is 0 Å². The molecule has 0 saturated carbocycles. The van der Waals surface area contributed by atoms with E-state index in [0.717, 1.165) is 11.3 Å². The van der Waals surface area contributed by atoms with Crippen LogP contribution in [0.25, 0.3) is 0 Å². The predicted octanol–water partition coefficient (Wildman–Crippen LogP) is 4.71. The van der Waals surface area contributed by atoms with Crippen molar-refractivity contribution in [3.63, 3.8) is 0 Å². The number of hydrogen-bond donors (Lipinski definition) is 0. The number of benzene rings is 2. The van der Waals surface area contributed by atoms with E-state index in [1.54, 1.807) is 12.1 Å². The van der Waals surface area contributed by atoms with Gasteiger partial charge in [-0.15, -0.1) is 0 Å². The van der Waals surface area contributed by atoms with Crippen LogP contribution in [0, 0.1) is 11.3 Å². The molecule has 0 amide bonds. The van der Waals surface area contributed by atoms with Crippen molar-refractivity contribution in [2.45, 2.75) is 39.2 Å². The van der Waals surface area contributed by atoms with Crippen LogP contribution in [0.1, 0.15) is 50.4 Å². The summed E-state index contributed by atoms with van der Waals surface area (Å²) in [6.45, 7) is 8.68. The quantitative estimate of drug-likeness (QED) is 0.709. The molecule has 0 bridgehead atoms. The Kier molecular flexibility index (Phi) is 5.76. The molecule has 1 heterocycles. The number of nitriles is 1. The standard InChI is InChI=1S/C24H27N3O2/c1-6-29-23(28)21-16-27(20-13-7-17(15-25)8-14-20)26(5)22(21)18-9-11-19(12-10-18)24(2,3)4/h7-14,16,22H,6H2,1-5H3. The highest BCUT2D eigenvalue weighted by Gasteiger charge is 2.37. The molecule has 0 radical (unpaired) electrons. The summed E-state index contributed by atoms with van der Waals surface area (Å²) in [5.41, 5.74) is 4.39. The molecule has 1 atom stereocenters. The number of ether oxygens (including phenoxy) is 1. The molecule has 29 heavy (non-hydrogen) atoms. The average molecular weight is 389 g/mol.